The minimum absolute atomic E-state index is 0. The van der Waals surface area contributed by atoms with Crippen molar-refractivity contribution in [2.45, 2.75) is 122 Å². The van der Waals surface area contributed by atoms with Crippen LogP contribution in [0.2, 0.25) is 0 Å². The lowest BCUT2D eigenvalue weighted by Crippen LogP contribution is -2.15. The molecule has 0 radical (unpaired) electrons. The number of rotatable bonds is 18. The Kier molecular flexibility index (Phi) is 24.1. The van der Waals surface area contributed by atoms with E-state index in [9.17, 15) is 0 Å². The first-order chi connectivity index (χ1) is 10.8. The first kappa shape index (κ1) is 25.2. The molecule has 0 saturated heterocycles. The zero-order valence-electron chi connectivity index (χ0n) is 15.9. The Morgan fingerprint density at radius 1 is 0.652 bits per heavy atom. The van der Waals surface area contributed by atoms with E-state index in [0.717, 1.165) is 6.42 Å². The van der Waals surface area contributed by atoms with Gasteiger partial charge in [-0.15, -0.1) is 19.0 Å². The number of halogens is 1. The zero-order valence-corrected chi connectivity index (χ0v) is 16.7. The van der Waals surface area contributed by atoms with E-state index in [0.29, 0.717) is 0 Å². The molecule has 0 saturated carbocycles. The summed E-state index contributed by atoms with van der Waals surface area (Å²) >= 11 is 0. The summed E-state index contributed by atoms with van der Waals surface area (Å²) in [5.74, 6) is 0. The Labute approximate surface area is 153 Å². The van der Waals surface area contributed by atoms with Crippen LogP contribution in [0, 0.1) is 0 Å². The van der Waals surface area contributed by atoms with E-state index in [2.05, 4.69) is 13.5 Å². The Morgan fingerprint density at radius 2 is 0.957 bits per heavy atom. The van der Waals surface area contributed by atoms with E-state index in [-0.39, 0.29) is 18.4 Å². The van der Waals surface area contributed by atoms with Gasteiger partial charge in [-0.25, -0.2) is 0 Å². The standard InChI is InChI=1S/C21H43N.ClH/c1-3-5-6-7-8-9-10-11-12-13-14-15-16-17-18-19-20-21(22)4-2;/h4,21H,2-3,5-20,22H2,1H3;1H. The molecule has 0 fully saturated rings. The molecule has 23 heavy (non-hydrogen) atoms. The topological polar surface area (TPSA) is 26.0 Å². The summed E-state index contributed by atoms with van der Waals surface area (Å²) in [6, 6.07) is 0.214. The van der Waals surface area contributed by atoms with Crippen molar-refractivity contribution in [2.24, 2.45) is 5.73 Å². The highest BCUT2D eigenvalue weighted by Gasteiger charge is 1.97. The molecular formula is C21H44ClN. The summed E-state index contributed by atoms with van der Waals surface area (Å²) in [4.78, 5) is 0. The van der Waals surface area contributed by atoms with Crippen LogP contribution in [0.15, 0.2) is 12.7 Å². The Bertz CT molecular complexity index is 218. The van der Waals surface area contributed by atoms with Crippen LogP contribution in [0.5, 0.6) is 0 Å². The molecule has 0 amide bonds. The average molecular weight is 346 g/mol. The van der Waals surface area contributed by atoms with Gasteiger partial charge in [0.15, 0.2) is 0 Å². The summed E-state index contributed by atoms with van der Waals surface area (Å²) < 4.78 is 0. The predicted octanol–water partition coefficient (Wildman–Crippen LogP) is 7.57. The van der Waals surface area contributed by atoms with E-state index in [1.165, 1.54) is 103 Å². The molecule has 0 aromatic rings. The Balaban J connectivity index is 0. The molecule has 0 aliphatic heterocycles. The maximum Gasteiger partial charge on any atom is 0.0221 e. The fourth-order valence-corrected chi connectivity index (χ4v) is 3.05. The highest BCUT2D eigenvalue weighted by atomic mass is 35.5. The molecule has 2 N–H and O–H groups in total. The van der Waals surface area contributed by atoms with Gasteiger partial charge in [-0.05, 0) is 6.42 Å². The molecule has 0 aliphatic carbocycles. The molecule has 0 aliphatic rings. The van der Waals surface area contributed by atoms with Gasteiger partial charge in [0, 0.05) is 6.04 Å². The van der Waals surface area contributed by atoms with Gasteiger partial charge in [0.25, 0.3) is 0 Å². The first-order valence-corrected chi connectivity index (χ1v) is 10.2. The lowest BCUT2D eigenvalue weighted by Gasteiger charge is -2.05. The van der Waals surface area contributed by atoms with E-state index < -0.39 is 0 Å². The van der Waals surface area contributed by atoms with Gasteiger partial charge >= 0.3 is 0 Å². The molecule has 0 aromatic carbocycles. The maximum absolute atomic E-state index is 5.82. The quantitative estimate of drug-likeness (QED) is 0.201. The molecule has 1 unspecified atom stereocenters. The van der Waals surface area contributed by atoms with E-state index in [4.69, 9.17) is 5.73 Å². The van der Waals surface area contributed by atoms with Crippen molar-refractivity contribution in [1.82, 2.24) is 0 Å². The fraction of sp³-hybridized carbons (Fsp3) is 0.905. The largest absolute Gasteiger partial charge is 0.324 e. The highest BCUT2D eigenvalue weighted by molar-refractivity contribution is 5.85. The summed E-state index contributed by atoms with van der Waals surface area (Å²) in [5, 5.41) is 0. The summed E-state index contributed by atoms with van der Waals surface area (Å²) in [7, 11) is 0. The molecule has 1 nitrogen and oxygen atoms in total. The van der Waals surface area contributed by atoms with Gasteiger partial charge in [-0.3, -0.25) is 0 Å². The van der Waals surface area contributed by atoms with Crippen molar-refractivity contribution in [3.63, 3.8) is 0 Å². The van der Waals surface area contributed by atoms with Crippen LogP contribution in [-0.2, 0) is 0 Å². The smallest absolute Gasteiger partial charge is 0.0221 e. The Morgan fingerprint density at radius 3 is 1.26 bits per heavy atom. The first-order valence-electron chi connectivity index (χ1n) is 10.2. The van der Waals surface area contributed by atoms with Gasteiger partial charge < -0.3 is 5.73 Å². The Hall–Kier alpha value is -0.0100. The van der Waals surface area contributed by atoms with Crippen molar-refractivity contribution < 1.29 is 0 Å². The molecule has 0 aromatic heterocycles. The third-order valence-electron chi connectivity index (χ3n) is 4.69. The van der Waals surface area contributed by atoms with Crippen LogP contribution in [0.4, 0.5) is 0 Å². The summed E-state index contributed by atoms with van der Waals surface area (Å²) in [5.41, 5.74) is 5.82. The van der Waals surface area contributed by atoms with Crippen molar-refractivity contribution in [3.8, 4) is 0 Å². The summed E-state index contributed by atoms with van der Waals surface area (Å²) in [6.45, 7) is 6.02. The van der Waals surface area contributed by atoms with Gasteiger partial charge in [0.1, 0.15) is 0 Å². The molecule has 0 rings (SSSR count). The average Bonchev–Trinajstić information content (AvgIpc) is 2.54. The molecule has 0 bridgehead atoms. The molecule has 1 atom stereocenters. The van der Waals surface area contributed by atoms with Gasteiger partial charge in [-0.1, -0.05) is 116 Å². The second kappa shape index (κ2) is 22.0. The van der Waals surface area contributed by atoms with E-state index in [1.54, 1.807) is 0 Å². The zero-order chi connectivity index (χ0) is 16.3. The van der Waals surface area contributed by atoms with Gasteiger partial charge in [-0.2, -0.15) is 0 Å². The van der Waals surface area contributed by atoms with Gasteiger partial charge in [0.2, 0.25) is 0 Å². The van der Waals surface area contributed by atoms with Crippen LogP contribution < -0.4 is 5.73 Å². The second-order valence-corrected chi connectivity index (χ2v) is 6.99. The van der Waals surface area contributed by atoms with E-state index in [1.807, 2.05) is 6.08 Å². The van der Waals surface area contributed by atoms with Crippen molar-refractivity contribution in [2.75, 3.05) is 0 Å². The second-order valence-electron chi connectivity index (χ2n) is 6.99. The van der Waals surface area contributed by atoms with Crippen LogP contribution in [0.1, 0.15) is 116 Å². The number of hydrogen-bond donors (Lipinski definition) is 1. The van der Waals surface area contributed by atoms with Crippen molar-refractivity contribution >= 4 is 12.4 Å². The van der Waals surface area contributed by atoms with Crippen LogP contribution in [0.25, 0.3) is 0 Å². The summed E-state index contributed by atoms with van der Waals surface area (Å²) in [6.07, 6.45) is 25.8. The highest BCUT2D eigenvalue weighted by Crippen LogP contribution is 2.14. The number of nitrogens with two attached hydrogens (primary N) is 1. The van der Waals surface area contributed by atoms with Crippen LogP contribution in [-0.4, -0.2) is 6.04 Å². The van der Waals surface area contributed by atoms with Crippen LogP contribution in [0.3, 0.4) is 0 Å². The number of hydrogen-bond acceptors (Lipinski definition) is 1. The molecule has 2 heteroatoms. The lowest BCUT2D eigenvalue weighted by atomic mass is 10.0. The van der Waals surface area contributed by atoms with Crippen molar-refractivity contribution in [3.05, 3.63) is 12.7 Å². The van der Waals surface area contributed by atoms with Gasteiger partial charge in [0.05, 0.1) is 0 Å². The van der Waals surface area contributed by atoms with Crippen molar-refractivity contribution in [1.29, 1.82) is 0 Å². The fourth-order valence-electron chi connectivity index (χ4n) is 3.05. The third kappa shape index (κ3) is 22.0. The minimum Gasteiger partial charge on any atom is -0.324 e. The minimum atomic E-state index is 0. The normalized spacial score (nSPS) is 11.9. The molecule has 0 heterocycles. The number of unbranched alkanes of at least 4 members (excludes halogenated alkanes) is 15. The molecular weight excluding hydrogens is 302 g/mol. The SMILES string of the molecule is C=CC(N)CCCCCCCCCCCCCCCCCC.Cl. The molecule has 0 spiro atoms. The maximum atomic E-state index is 5.82. The monoisotopic (exact) mass is 345 g/mol. The predicted molar refractivity (Wildman–Crippen MR) is 110 cm³/mol. The third-order valence-corrected chi connectivity index (χ3v) is 4.69. The van der Waals surface area contributed by atoms with E-state index >= 15 is 0 Å². The lowest BCUT2D eigenvalue weighted by molar-refractivity contribution is 0.524. The molecule has 140 valence electrons. The van der Waals surface area contributed by atoms with Crippen LogP contribution >= 0.6 is 12.4 Å².